The van der Waals surface area contributed by atoms with E-state index in [1.165, 1.54) is 0 Å². The molecule has 2 aromatic heterocycles. The Balaban J connectivity index is 1.44. The maximum atomic E-state index is 10.8. The molecule has 1 aliphatic heterocycles. The number of aliphatic hydroxyl groups is 1. The largest absolute Gasteiger partial charge is 0.388 e. The maximum Gasteiger partial charge on any atom is 0.137 e. The number of nitrogens with zero attached hydrogens (tertiary/aromatic N) is 3. The highest BCUT2D eigenvalue weighted by Crippen LogP contribution is 2.31. The summed E-state index contributed by atoms with van der Waals surface area (Å²) in [6, 6.07) is 22.0. The van der Waals surface area contributed by atoms with E-state index >= 15 is 0 Å². The van der Waals surface area contributed by atoms with Gasteiger partial charge in [0, 0.05) is 11.8 Å². The number of hydrogen-bond acceptors (Lipinski definition) is 4. The molecule has 5 nitrogen and oxygen atoms in total. The lowest BCUT2D eigenvalue weighted by Crippen LogP contribution is -2.30. The first-order chi connectivity index (χ1) is 15.2. The smallest absolute Gasteiger partial charge is 0.137 e. The third-order valence-corrected chi connectivity index (χ3v) is 6.23. The third kappa shape index (κ3) is 3.84. The number of pyridine rings is 1. The SMILES string of the molecule is N#Cc1ccc(-c2cnc3ccc(-c4ccc([C@@H](O)C5CCNCC5)cc4)cn23)cc1. The Hall–Kier alpha value is -3.46. The van der Waals surface area contributed by atoms with Crippen LogP contribution in [0.15, 0.2) is 73.1 Å². The molecular weight excluding hydrogens is 384 g/mol. The van der Waals surface area contributed by atoms with Gasteiger partial charge < -0.3 is 10.4 Å². The first-order valence-corrected chi connectivity index (χ1v) is 10.7. The average molecular weight is 409 g/mol. The number of imidazole rings is 1. The Bertz CT molecular complexity index is 1230. The second kappa shape index (κ2) is 8.35. The van der Waals surface area contributed by atoms with E-state index in [4.69, 9.17) is 5.26 Å². The van der Waals surface area contributed by atoms with E-state index in [0.29, 0.717) is 11.5 Å². The number of nitriles is 1. The molecule has 0 spiro atoms. The third-order valence-electron chi connectivity index (χ3n) is 6.23. The molecular formula is C26H24N4O. The highest BCUT2D eigenvalue weighted by atomic mass is 16.3. The van der Waals surface area contributed by atoms with Crippen molar-refractivity contribution in [1.82, 2.24) is 14.7 Å². The number of piperidine rings is 1. The fourth-order valence-electron chi connectivity index (χ4n) is 4.39. The second-order valence-corrected chi connectivity index (χ2v) is 8.13. The van der Waals surface area contributed by atoms with Crippen LogP contribution in [0.2, 0.25) is 0 Å². The number of hydrogen-bond donors (Lipinski definition) is 2. The van der Waals surface area contributed by atoms with Crippen LogP contribution >= 0.6 is 0 Å². The molecule has 0 amide bonds. The summed E-state index contributed by atoms with van der Waals surface area (Å²) in [6.45, 7) is 1.96. The number of aromatic nitrogens is 2. The molecule has 4 aromatic rings. The lowest BCUT2D eigenvalue weighted by molar-refractivity contribution is 0.0889. The summed E-state index contributed by atoms with van der Waals surface area (Å²) in [7, 11) is 0. The zero-order valence-electron chi connectivity index (χ0n) is 17.2. The molecule has 0 unspecified atom stereocenters. The summed E-state index contributed by atoms with van der Waals surface area (Å²) in [5.41, 5.74) is 6.69. The Morgan fingerprint density at radius 2 is 1.61 bits per heavy atom. The van der Waals surface area contributed by atoms with E-state index in [1.54, 1.807) is 0 Å². The molecule has 0 radical (unpaired) electrons. The quantitative estimate of drug-likeness (QED) is 0.519. The molecule has 1 atom stereocenters. The van der Waals surface area contributed by atoms with Crippen LogP contribution < -0.4 is 5.32 Å². The van der Waals surface area contributed by atoms with Crippen LogP contribution in [-0.2, 0) is 0 Å². The molecule has 0 bridgehead atoms. The zero-order valence-corrected chi connectivity index (χ0v) is 17.2. The lowest BCUT2D eigenvalue weighted by Gasteiger charge is -2.27. The van der Waals surface area contributed by atoms with Crippen molar-refractivity contribution in [1.29, 1.82) is 5.26 Å². The van der Waals surface area contributed by atoms with Crippen LogP contribution in [0, 0.1) is 17.2 Å². The molecule has 1 saturated heterocycles. The fraction of sp³-hybridized carbons (Fsp3) is 0.231. The minimum absolute atomic E-state index is 0.323. The molecule has 0 aliphatic carbocycles. The molecule has 5 heteroatoms. The summed E-state index contributed by atoms with van der Waals surface area (Å²) < 4.78 is 2.08. The Morgan fingerprint density at radius 1 is 0.935 bits per heavy atom. The molecule has 3 heterocycles. The number of fused-ring (bicyclic) bond motifs is 1. The van der Waals surface area contributed by atoms with E-state index < -0.39 is 6.10 Å². The first-order valence-electron chi connectivity index (χ1n) is 10.7. The van der Waals surface area contributed by atoms with Gasteiger partial charge in [0.1, 0.15) is 5.65 Å². The average Bonchev–Trinajstić information content (AvgIpc) is 3.27. The minimum Gasteiger partial charge on any atom is -0.388 e. The summed E-state index contributed by atoms with van der Waals surface area (Å²) in [5.74, 6) is 0.323. The predicted octanol–water partition coefficient (Wildman–Crippen LogP) is 4.57. The fourth-order valence-corrected chi connectivity index (χ4v) is 4.39. The van der Waals surface area contributed by atoms with Crippen molar-refractivity contribution in [2.75, 3.05) is 13.1 Å². The second-order valence-electron chi connectivity index (χ2n) is 8.13. The molecule has 154 valence electrons. The Labute approximate surface area is 181 Å². The number of nitrogens with one attached hydrogen (secondary N) is 1. The normalized spacial score (nSPS) is 15.6. The summed E-state index contributed by atoms with van der Waals surface area (Å²) in [4.78, 5) is 4.52. The highest BCUT2D eigenvalue weighted by Gasteiger charge is 2.22. The molecule has 5 rings (SSSR count). The van der Waals surface area contributed by atoms with Gasteiger partial charge in [-0.3, -0.25) is 4.40 Å². The molecule has 1 aliphatic rings. The van der Waals surface area contributed by atoms with Gasteiger partial charge in [0.15, 0.2) is 0 Å². The van der Waals surface area contributed by atoms with Crippen LogP contribution in [0.5, 0.6) is 0 Å². The van der Waals surface area contributed by atoms with Gasteiger partial charge >= 0.3 is 0 Å². The summed E-state index contributed by atoms with van der Waals surface area (Å²) in [6.07, 6.45) is 5.57. The van der Waals surface area contributed by atoms with Gasteiger partial charge in [-0.15, -0.1) is 0 Å². The van der Waals surface area contributed by atoms with Crippen molar-refractivity contribution in [2.24, 2.45) is 5.92 Å². The molecule has 0 saturated carbocycles. The lowest BCUT2D eigenvalue weighted by atomic mass is 9.87. The summed E-state index contributed by atoms with van der Waals surface area (Å²) >= 11 is 0. The van der Waals surface area contributed by atoms with E-state index in [9.17, 15) is 5.11 Å². The van der Waals surface area contributed by atoms with Crippen LogP contribution in [-0.4, -0.2) is 27.6 Å². The predicted molar refractivity (Wildman–Crippen MR) is 121 cm³/mol. The van der Waals surface area contributed by atoms with Gasteiger partial charge in [0.25, 0.3) is 0 Å². The van der Waals surface area contributed by atoms with Crippen molar-refractivity contribution in [3.8, 4) is 28.5 Å². The van der Waals surface area contributed by atoms with E-state index in [-0.39, 0.29) is 0 Å². The van der Waals surface area contributed by atoms with Crippen molar-refractivity contribution in [2.45, 2.75) is 18.9 Å². The van der Waals surface area contributed by atoms with Crippen LogP contribution in [0.4, 0.5) is 0 Å². The van der Waals surface area contributed by atoms with Crippen LogP contribution in [0.3, 0.4) is 0 Å². The van der Waals surface area contributed by atoms with Gasteiger partial charge in [-0.05, 0) is 72.8 Å². The van der Waals surface area contributed by atoms with Crippen LogP contribution in [0.25, 0.3) is 28.0 Å². The van der Waals surface area contributed by atoms with Gasteiger partial charge in [0.2, 0.25) is 0 Å². The highest BCUT2D eigenvalue weighted by molar-refractivity contribution is 5.69. The number of aliphatic hydroxyl groups excluding tert-OH is 1. The van der Waals surface area contributed by atoms with Gasteiger partial charge in [-0.25, -0.2) is 4.98 Å². The van der Waals surface area contributed by atoms with Gasteiger partial charge in [-0.1, -0.05) is 36.4 Å². The molecule has 2 aromatic carbocycles. The number of rotatable bonds is 4. The minimum atomic E-state index is -0.407. The Morgan fingerprint density at radius 3 is 2.32 bits per heavy atom. The van der Waals surface area contributed by atoms with Crippen molar-refractivity contribution in [3.63, 3.8) is 0 Å². The topological polar surface area (TPSA) is 73.3 Å². The van der Waals surface area contributed by atoms with Crippen molar-refractivity contribution < 1.29 is 5.11 Å². The van der Waals surface area contributed by atoms with Crippen molar-refractivity contribution >= 4 is 5.65 Å². The summed E-state index contributed by atoms with van der Waals surface area (Å²) in [5, 5.41) is 23.1. The maximum absolute atomic E-state index is 10.8. The Kier molecular flexibility index (Phi) is 5.25. The molecule has 1 fully saturated rings. The van der Waals surface area contributed by atoms with E-state index in [2.05, 4.69) is 45.2 Å². The monoisotopic (exact) mass is 408 g/mol. The van der Waals surface area contributed by atoms with Crippen LogP contribution in [0.1, 0.15) is 30.1 Å². The van der Waals surface area contributed by atoms with Crippen molar-refractivity contribution in [3.05, 3.63) is 84.2 Å². The molecule has 31 heavy (non-hydrogen) atoms. The van der Waals surface area contributed by atoms with Gasteiger partial charge in [0.05, 0.1) is 29.6 Å². The molecule has 2 N–H and O–H groups in total. The first kappa shape index (κ1) is 19.5. The van der Waals surface area contributed by atoms with E-state index in [1.807, 2.05) is 48.7 Å². The zero-order chi connectivity index (χ0) is 21.2. The standard InChI is InChI=1S/C26H24N4O/c27-15-18-1-3-20(4-2-18)24-16-29-25-10-9-23(17-30(24)25)19-5-7-21(8-6-19)26(31)22-11-13-28-14-12-22/h1-10,16-17,22,26,28,31H,11-14H2/t26-/m1/s1. The number of benzene rings is 2. The van der Waals surface area contributed by atoms with Gasteiger partial charge in [-0.2, -0.15) is 5.26 Å². The van der Waals surface area contributed by atoms with E-state index in [0.717, 1.165) is 59.5 Å².